The number of Topliss-reactive ketones (excluding diaryl/α,β-unsaturated/α-hetero) is 1. The van der Waals surface area contributed by atoms with Gasteiger partial charge in [0.2, 0.25) is 0 Å². The third-order valence-corrected chi connectivity index (χ3v) is 12.1. The molecule has 4 heterocycles. The molecule has 262 valence electrons. The summed E-state index contributed by atoms with van der Waals surface area (Å²) in [5.41, 5.74) is 16.0. The average molecular weight is 702 g/mol. The molecule has 2 saturated carbocycles. The summed E-state index contributed by atoms with van der Waals surface area (Å²) in [6, 6.07) is 15.6. The van der Waals surface area contributed by atoms with Gasteiger partial charge in [0, 0.05) is 69.7 Å². The average Bonchev–Trinajstić information content (AvgIpc) is 4.04. The maximum atomic E-state index is 12.6. The van der Waals surface area contributed by atoms with E-state index in [1.807, 2.05) is 60.9 Å². The van der Waals surface area contributed by atoms with Gasteiger partial charge in [-0.25, -0.2) is 19.9 Å². The summed E-state index contributed by atoms with van der Waals surface area (Å²) in [5.74, 6) is 4.95. The lowest BCUT2D eigenvalue weighted by atomic mass is 9.91. The minimum absolute atomic E-state index is 0.253. The van der Waals surface area contributed by atoms with Gasteiger partial charge in [0.25, 0.3) is 0 Å². The molecule has 6 aliphatic rings. The van der Waals surface area contributed by atoms with E-state index in [1.165, 1.54) is 16.8 Å². The van der Waals surface area contributed by atoms with Crippen LogP contribution in [-0.4, -0.2) is 60.8 Å². The number of H-pyrrole nitrogens is 2. The number of ketones is 1. The van der Waals surface area contributed by atoms with Crippen molar-refractivity contribution in [2.24, 2.45) is 17.0 Å². The first kappa shape index (κ1) is 30.5. The quantitative estimate of drug-likeness (QED) is 0.130. The molecule has 2 fully saturated rings. The number of carbonyl (C=O) groups is 1. The molecule has 11 nitrogen and oxygen atoms in total. The van der Waals surface area contributed by atoms with Crippen LogP contribution in [0.25, 0.3) is 45.6 Å². The summed E-state index contributed by atoms with van der Waals surface area (Å²) in [7, 11) is 3.31. The largest absolute Gasteiger partial charge is 0.497 e. The Morgan fingerprint density at radius 1 is 0.660 bits per heavy atom. The van der Waals surface area contributed by atoms with E-state index in [9.17, 15) is 10.0 Å². The zero-order chi connectivity index (χ0) is 35.5. The van der Waals surface area contributed by atoms with Gasteiger partial charge in [0.15, 0.2) is 17.4 Å². The number of fused-ring (bicyclic) bond motifs is 14. The van der Waals surface area contributed by atoms with Crippen LogP contribution in [0.1, 0.15) is 74.2 Å². The molecule has 4 atom stereocenters. The van der Waals surface area contributed by atoms with E-state index in [0.29, 0.717) is 35.2 Å². The maximum Gasteiger partial charge on any atom is 0.168 e. The number of oxime groups is 1. The fraction of sp³-hybridized carbons (Fsp3) is 0.286. The first-order valence-corrected chi connectivity index (χ1v) is 18.3. The molecule has 12 rings (SSSR count). The lowest BCUT2D eigenvalue weighted by Crippen LogP contribution is -2.10. The van der Waals surface area contributed by atoms with Crippen molar-refractivity contribution in [3.63, 3.8) is 0 Å². The maximum absolute atomic E-state index is 12.6. The first-order chi connectivity index (χ1) is 26.0. The molecule has 6 aromatic rings. The molecule has 53 heavy (non-hydrogen) atoms. The lowest BCUT2D eigenvalue weighted by Gasteiger charge is -2.17. The molecular weight excluding hydrogens is 667 g/mol. The molecule has 0 bridgehead atoms. The molecular formula is C42H35N7O4. The van der Waals surface area contributed by atoms with Crippen molar-refractivity contribution in [3.05, 3.63) is 106 Å². The predicted molar refractivity (Wildman–Crippen MR) is 197 cm³/mol. The van der Waals surface area contributed by atoms with Gasteiger partial charge in [-0.3, -0.25) is 4.79 Å². The Kier molecular flexibility index (Phi) is 6.45. The van der Waals surface area contributed by atoms with E-state index in [4.69, 9.17) is 19.4 Å². The third-order valence-electron chi connectivity index (χ3n) is 12.1. The van der Waals surface area contributed by atoms with Gasteiger partial charge < -0.3 is 24.6 Å². The summed E-state index contributed by atoms with van der Waals surface area (Å²) in [6.45, 7) is 0. The fourth-order valence-corrected chi connectivity index (χ4v) is 9.16. The van der Waals surface area contributed by atoms with E-state index in [1.54, 1.807) is 14.2 Å². The van der Waals surface area contributed by atoms with Gasteiger partial charge >= 0.3 is 0 Å². The normalized spacial score (nSPS) is 22.2. The monoisotopic (exact) mass is 701 g/mol. The highest BCUT2D eigenvalue weighted by Gasteiger charge is 2.55. The molecule has 0 aliphatic heterocycles. The second kappa shape index (κ2) is 11.2. The molecule has 0 radical (unpaired) electrons. The number of ether oxygens (including phenoxy) is 2. The summed E-state index contributed by atoms with van der Waals surface area (Å²) >= 11 is 0. The summed E-state index contributed by atoms with van der Waals surface area (Å²) in [4.78, 5) is 38.6. The van der Waals surface area contributed by atoms with E-state index >= 15 is 0 Å². The number of nitrogens with zero attached hydrogens (tertiary/aromatic N) is 5. The number of hydrogen-bond acceptors (Lipinski definition) is 9. The molecule has 6 aliphatic carbocycles. The number of benzene rings is 2. The highest BCUT2D eigenvalue weighted by atomic mass is 16.5. The molecule has 0 saturated heterocycles. The van der Waals surface area contributed by atoms with Crippen LogP contribution >= 0.6 is 0 Å². The Labute approximate surface area is 304 Å². The van der Waals surface area contributed by atoms with E-state index in [0.717, 1.165) is 118 Å². The Bertz CT molecular complexity index is 2550. The Morgan fingerprint density at radius 3 is 1.68 bits per heavy atom. The predicted octanol–water partition coefficient (Wildman–Crippen LogP) is 7.09. The molecule has 11 heteroatoms. The molecule has 3 N–H and O–H groups in total. The number of hydrogen-bond donors (Lipinski definition) is 3. The first-order valence-electron chi connectivity index (χ1n) is 18.3. The number of aryl methyl sites for hydroxylation is 2. The topological polar surface area (TPSA) is 151 Å². The summed E-state index contributed by atoms with van der Waals surface area (Å²) in [6.07, 6.45) is 9.58. The van der Waals surface area contributed by atoms with Crippen LogP contribution < -0.4 is 9.47 Å². The van der Waals surface area contributed by atoms with Crippen molar-refractivity contribution in [2.75, 3.05) is 14.2 Å². The molecule has 0 amide bonds. The van der Waals surface area contributed by atoms with Gasteiger partial charge in [0.1, 0.15) is 11.5 Å². The SMILES string of the molecule is COc1ccc(-c2ncc3c(n2)-c2[nH]c4c(c2CC3)/C(=N\O)C2CC42)cc1.COc1ccc(-c2ncc3c(n2)-c2[nH]c4c(c2CC3)C(=O)C2CC42)cc1. The highest BCUT2D eigenvalue weighted by Crippen LogP contribution is 2.59. The van der Waals surface area contributed by atoms with Crippen LogP contribution in [0.4, 0.5) is 0 Å². The van der Waals surface area contributed by atoms with Crippen LogP contribution in [0.5, 0.6) is 11.5 Å². The van der Waals surface area contributed by atoms with Crippen molar-refractivity contribution < 1.29 is 19.5 Å². The zero-order valence-electron chi connectivity index (χ0n) is 29.2. The Balaban J connectivity index is 0.000000125. The minimum Gasteiger partial charge on any atom is -0.497 e. The van der Waals surface area contributed by atoms with Gasteiger partial charge in [-0.15, -0.1) is 0 Å². The number of aromatic amines is 2. The van der Waals surface area contributed by atoms with E-state index in [-0.39, 0.29) is 5.92 Å². The lowest BCUT2D eigenvalue weighted by molar-refractivity contribution is 0.0973. The van der Waals surface area contributed by atoms with Crippen LogP contribution in [0.3, 0.4) is 0 Å². The fourth-order valence-electron chi connectivity index (χ4n) is 9.16. The number of nitrogens with one attached hydrogen (secondary N) is 2. The molecule has 4 aromatic heterocycles. The van der Waals surface area contributed by atoms with Crippen LogP contribution in [0.15, 0.2) is 66.1 Å². The Morgan fingerprint density at radius 2 is 1.15 bits per heavy atom. The zero-order valence-corrected chi connectivity index (χ0v) is 29.2. The van der Waals surface area contributed by atoms with Crippen molar-refractivity contribution in [1.29, 1.82) is 0 Å². The van der Waals surface area contributed by atoms with Crippen LogP contribution in [0.2, 0.25) is 0 Å². The highest BCUT2D eigenvalue weighted by molar-refractivity contribution is 6.11. The number of methoxy groups -OCH3 is 2. The van der Waals surface area contributed by atoms with Gasteiger partial charge in [-0.1, -0.05) is 5.16 Å². The third kappa shape index (κ3) is 4.52. The standard InChI is InChI=1S/C21H18N4O2.C21H17N3O2/c1-27-12-5-2-10(3-6-12)21-22-9-11-4-7-13-16-18(23-20(13)17(11)24-21)14-8-15(14)19(16)25-26;1-26-12-5-2-10(3-6-12)21-22-9-11-4-7-13-16-18(14-8-15(14)20(16)25)23-19(13)17(11)24-21/h2-3,5-6,9,14-15,23,26H,4,7-8H2,1H3;2-3,5-6,9,14-15,23H,4,7-8H2,1H3/b25-19-;. The van der Waals surface area contributed by atoms with E-state index < -0.39 is 0 Å². The number of carbonyl (C=O) groups excluding carboxylic acids is 1. The van der Waals surface area contributed by atoms with Crippen LogP contribution in [0, 0.1) is 11.8 Å². The Hall–Kier alpha value is -6.10. The van der Waals surface area contributed by atoms with Gasteiger partial charge in [-0.05, 0) is 109 Å². The molecule has 4 unspecified atom stereocenters. The number of rotatable bonds is 4. The smallest absolute Gasteiger partial charge is 0.168 e. The van der Waals surface area contributed by atoms with Gasteiger partial charge in [-0.2, -0.15) is 0 Å². The van der Waals surface area contributed by atoms with E-state index in [2.05, 4.69) is 25.1 Å². The van der Waals surface area contributed by atoms with Crippen molar-refractivity contribution in [2.45, 2.75) is 50.4 Å². The molecule has 2 aromatic carbocycles. The van der Waals surface area contributed by atoms with Crippen molar-refractivity contribution in [1.82, 2.24) is 29.9 Å². The second-order valence-electron chi connectivity index (χ2n) is 14.9. The number of aromatic nitrogens is 6. The van der Waals surface area contributed by atoms with Crippen molar-refractivity contribution in [3.8, 4) is 57.1 Å². The molecule has 0 spiro atoms. The van der Waals surface area contributed by atoms with Crippen molar-refractivity contribution >= 4 is 11.5 Å². The summed E-state index contributed by atoms with van der Waals surface area (Å²) in [5, 5.41) is 13.1. The summed E-state index contributed by atoms with van der Waals surface area (Å²) < 4.78 is 10.5. The minimum atomic E-state index is 0.253. The van der Waals surface area contributed by atoms with Crippen LogP contribution in [-0.2, 0) is 25.7 Å². The van der Waals surface area contributed by atoms with Gasteiger partial charge in [0.05, 0.1) is 42.7 Å². The second-order valence-corrected chi connectivity index (χ2v) is 14.9.